The van der Waals surface area contributed by atoms with Gasteiger partial charge in [-0.2, -0.15) is 0 Å². The van der Waals surface area contributed by atoms with Crippen molar-refractivity contribution in [3.8, 4) is 0 Å². The molecule has 0 radical (unpaired) electrons. The standard InChI is InChI=1S/C24H22ClNO2/c25-21-15-8-7-14-20(21)24(18-10-3-1-4-11-18,19-12-5-2-6-13-19)28-23(27)22-16-9-17-26-22/h1-8,10-15,22,26H,9,16-17H2/t22-/m0/s1. The third-order valence-electron chi connectivity index (χ3n) is 5.21. The van der Waals surface area contributed by atoms with E-state index in [4.69, 9.17) is 16.3 Å². The fourth-order valence-corrected chi connectivity index (χ4v) is 4.12. The molecule has 4 rings (SSSR count). The number of carbonyl (C=O) groups excluding carboxylic acids is 1. The predicted molar refractivity (Wildman–Crippen MR) is 111 cm³/mol. The minimum Gasteiger partial charge on any atom is -0.443 e. The molecule has 1 atom stereocenters. The van der Waals surface area contributed by atoms with Gasteiger partial charge in [0, 0.05) is 21.7 Å². The predicted octanol–water partition coefficient (Wildman–Crippen LogP) is 4.93. The third kappa shape index (κ3) is 3.44. The van der Waals surface area contributed by atoms with Crippen molar-refractivity contribution in [2.45, 2.75) is 24.5 Å². The number of nitrogens with one attached hydrogen (secondary N) is 1. The summed E-state index contributed by atoms with van der Waals surface area (Å²) in [5.41, 5.74) is 1.35. The first-order valence-corrected chi connectivity index (χ1v) is 9.92. The molecular weight excluding hydrogens is 370 g/mol. The maximum atomic E-state index is 13.2. The quantitative estimate of drug-likeness (QED) is 0.495. The molecule has 1 N–H and O–H groups in total. The van der Waals surface area contributed by atoms with E-state index in [0.717, 1.165) is 36.1 Å². The molecule has 0 aliphatic carbocycles. The van der Waals surface area contributed by atoms with Crippen molar-refractivity contribution < 1.29 is 9.53 Å². The van der Waals surface area contributed by atoms with Crippen molar-refractivity contribution >= 4 is 17.6 Å². The Kier molecular flexibility index (Phi) is 5.47. The van der Waals surface area contributed by atoms with Crippen molar-refractivity contribution in [3.63, 3.8) is 0 Å². The molecule has 142 valence electrons. The molecule has 28 heavy (non-hydrogen) atoms. The zero-order valence-electron chi connectivity index (χ0n) is 15.5. The number of hydrogen-bond acceptors (Lipinski definition) is 3. The summed E-state index contributed by atoms with van der Waals surface area (Å²) < 4.78 is 6.38. The summed E-state index contributed by atoms with van der Waals surface area (Å²) in [7, 11) is 0. The molecule has 0 bridgehead atoms. The van der Waals surface area contributed by atoms with Gasteiger partial charge in [0.25, 0.3) is 0 Å². The number of ether oxygens (including phenoxy) is 1. The largest absolute Gasteiger partial charge is 0.443 e. The lowest BCUT2D eigenvalue weighted by atomic mass is 9.80. The highest BCUT2D eigenvalue weighted by molar-refractivity contribution is 6.31. The van der Waals surface area contributed by atoms with E-state index in [-0.39, 0.29) is 12.0 Å². The van der Waals surface area contributed by atoms with Gasteiger partial charge >= 0.3 is 5.97 Å². The van der Waals surface area contributed by atoms with E-state index in [1.54, 1.807) is 0 Å². The first kappa shape index (κ1) is 18.7. The molecule has 4 heteroatoms. The second-order valence-electron chi connectivity index (χ2n) is 6.96. The average molecular weight is 392 g/mol. The fourth-order valence-electron chi connectivity index (χ4n) is 3.85. The van der Waals surface area contributed by atoms with Gasteiger partial charge in [-0.25, -0.2) is 0 Å². The smallest absolute Gasteiger partial charge is 0.324 e. The Balaban J connectivity index is 1.94. The van der Waals surface area contributed by atoms with Crippen LogP contribution in [-0.4, -0.2) is 18.6 Å². The SMILES string of the molecule is O=C(OC(c1ccccc1)(c1ccccc1)c1ccccc1Cl)[C@@H]1CCCN1. The molecule has 3 nitrogen and oxygen atoms in total. The van der Waals surface area contributed by atoms with Gasteiger partial charge in [0.1, 0.15) is 6.04 Å². The summed E-state index contributed by atoms with van der Waals surface area (Å²) in [4.78, 5) is 13.2. The van der Waals surface area contributed by atoms with Gasteiger partial charge in [0.05, 0.1) is 0 Å². The van der Waals surface area contributed by atoms with Crippen LogP contribution in [0.4, 0.5) is 0 Å². The zero-order valence-corrected chi connectivity index (χ0v) is 16.2. The number of benzene rings is 3. The van der Waals surface area contributed by atoms with Gasteiger partial charge < -0.3 is 10.1 Å². The number of carbonyl (C=O) groups is 1. The lowest BCUT2D eigenvalue weighted by Gasteiger charge is -2.36. The summed E-state index contributed by atoms with van der Waals surface area (Å²) in [6, 6.07) is 26.9. The molecule has 0 aromatic heterocycles. The van der Waals surface area contributed by atoms with E-state index < -0.39 is 5.60 Å². The van der Waals surface area contributed by atoms with Crippen LogP contribution in [0.5, 0.6) is 0 Å². The highest BCUT2D eigenvalue weighted by Gasteiger charge is 2.43. The molecule has 0 spiro atoms. The third-order valence-corrected chi connectivity index (χ3v) is 5.54. The highest BCUT2D eigenvalue weighted by Crippen LogP contribution is 2.43. The molecule has 1 aliphatic heterocycles. The van der Waals surface area contributed by atoms with Crippen LogP contribution in [0, 0.1) is 0 Å². The Morgan fingerprint density at radius 3 is 2.00 bits per heavy atom. The molecule has 1 saturated heterocycles. The minimum absolute atomic E-state index is 0.259. The molecule has 1 heterocycles. The highest BCUT2D eigenvalue weighted by atomic mass is 35.5. The Bertz CT molecular complexity index is 898. The van der Waals surface area contributed by atoms with Crippen molar-refractivity contribution in [1.82, 2.24) is 5.32 Å². The van der Waals surface area contributed by atoms with Gasteiger partial charge in [-0.05, 0) is 25.5 Å². The van der Waals surface area contributed by atoms with Crippen LogP contribution in [-0.2, 0) is 15.1 Å². The Morgan fingerprint density at radius 1 is 0.893 bits per heavy atom. The molecule has 1 fully saturated rings. The fraction of sp³-hybridized carbons (Fsp3) is 0.208. The second-order valence-corrected chi connectivity index (χ2v) is 7.37. The number of halogens is 1. The Morgan fingerprint density at radius 2 is 1.46 bits per heavy atom. The Hall–Kier alpha value is -2.62. The summed E-state index contributed by atoms with van der Waals surface area (Å²) >= 11 is 6.64. The summed E-state index contributed by atoms with van der Waals surface area (Å²) in [6.45, 7) is 0.829. The van der Waals surface area contributed by atoms with E-state index in [1.165, 1.54) is 0 Å². The van der Waals surface area contributed by atoms with E-state index >= 15 is 0 Å². The average Bonchev–Trinajstić information content (AvgIpc) is 3.29. The lowest BCUT2D eigenvalue weighted by Crippen LogP contribution is -2.41. The van der Waals surface area contributed by atoms with Gasteiger partial charge in [0.2, 0.25) is 0 Å². The van der Waals surface area contributed by atoms with Crippen molar-refractivity contribution in [2.75, 3.05) is 6.54 Å². The monoisotopic (exact) mass is 391 g/mol. The molecule has 0 amide bonds. The topological polar surface area (TPSA) is 38.3 Å². The molecular formula is C24H22ClNO2. The summed E-state index contributed by atoms with van der Waals surface area (Å²) in [6.07, 6.45) is 1.75. The molecule has 1 aliphatic rings. The van der Waals surface area contributed by atoms with Gasteiger partial charge in [-0.15, -0.1) is 0 Å². The Labute approximate surface area is 170 Å². The van der Waals surface area contributed by atoms with Crippen LogP contribution in [0.3, 0.4) is 0 Å². The first-order chi connectivity index (χ1) is 13.7. The zero-order chi connectivity index (χ0) is 19.4. The van der Waals surface area contributed by atoms with Crippen molar-refractivity contribution in [3.05, 3.63) is 107 Å². The first-order valence-electron chi connectivity index (χ1n) is 9.54. The van der Waals surface area contributed by atoms with Gasteiger partial charge in [-0.3, -0.25) is 4.79 Å². The van der Waals surface area contributed by atoms with Crippen LogP contribution < -0.4 is 5.32 Å². The molecule has 0 saturated carbocycles. The van der Waals surface area contributed by atoms with Crippen LogP contribution in [0.15, 0.2) is 84.9 Å². The number of hydrogen-bond donors (Lipinski definition) is 1. The second kappa shape index (κ2) is 8.17. The van der Waals surface area contributed by atoms with Gasteiger partial charge in [-0.1, -0.05) is 90.5 Å². The minimum atomic E-state index is -1.12. The van der Waals surface area contributed by atoms with Crippen LogP contribution in [0.1, 0.15) is 29.5 Å². The van der Waals surface area contributed by atoms with E-state index in [1.807, 2.05) is 84.9 Å². The van der Waals surface area contributed by atoms with E-state index in [0.29, 0.717) is 5.02 Å². The summed E-state index contributed by atoms with van der Waals surface area (Å²) in [5, 5.41) is 3.80. The maximum Gasteiger partial charge on any atom is 0.324 e. The van der Waals surface area contributed by atoms with E-state index in [9.17, 15) is 4.79 Å². The number of rotatable bonds is 5. The van der Waals surface area contributed by atoms with Gasteiger partial charge in [0.15, 0.2) is 5.60 Å². The normalized spacial score (nSPS) is 16.7. The maximum absolute atomic E-state index is 13.2. The van der Waals surface area contributed by atoms with Crippen molar-refractivity contribution in [2.24, 2.45) is 0 Å². The molecule has 3 aromatic carbocycles. The lowest BCUT2D eigenvalue weighted by molar-refractivity contribution is -0.155. The molecule has 0 unspecified atom stereocenters. The van der Waals surface area contributed by atoms with Crippen LogP contribution >= 0.6 is 11.6 Å². The van der Waals surface area contributed by atoms with Crippen LogP contribution in [0.2, 0.25) is 5.02 Å². The number of esters is 1. The van der Waals surface area contributed by atoms with Crippen LogP contribution in [0.25, 0.3) is 0 Å². The summed E-state index contributed by atoms with van der Waals surface area (Å²) in [5.74, 6) is -0.259. The van der Waals surface area contributed by atoms with Crippen molar-refractivity contribution in [1.29, 1.82) is 0 Å². The van der Waals surface area contributed by atoms with E-state index in [2.05, 4.69) is 5.32 Å². The molecule has 3 aromatic rings.